The summed E-state index contributed by atoms with van der Waals surface area (Å²) < 4.78 is 0. The number of nitrogens with one attached hydrogen (secondary N) is 1. The number of aryl methyl sites for hydroxylation is 1. The summed E-state index contributed by atoms with van der Waals surface area (Å²) in [4.78, 5) is 12.4. The number of carbonyl (C=O) groups excluding carboxylic acids is 1. The van der Waals surface area contributed by atoms with E-state index in [1.807, 2.05) is 25.1 Å². The maximum Gasteiger partial charge on any atom is 0.252 e. The highest BCUT2D eigenvalue weighted by Gasteiger charge is 2.22. The fourth-order valence-electron chi connectivity index (χ4n) is 2.95. The van der Waals surface area contributed by atoms with Crippen LogP contribution in [0.4, 0.5) is 0 Å². The summed E-state index contributed by atoms with van der Waals surface area (Å²) in [5.74, 6) is 7.20. The van der Waals surface area contributed by atoms with E-state index in [2.05, 4.69) is 24.1 Å². The SMILES string of the molecule is Cc1ccc(C(=O)NCC2CCC(C)C2)c(C#CCN)c1. The molecule has 112 valence electrons. The zero-order chi connectivity index (χ0) is 15.2. The van der Waals surface area contributed by atoms with E-state index in [1.54, 1.807) is 0 Å². The van der Waals surface area contributed by atoms with E-state index in [4.69, 9.17) is 5.73 Å². The van der Waals surface area contributed by atoms with Gasteiger partial charge in [-0.1, -0.05) is 31.3 Å². The monoisotopic (exact) mass is 284 g/mol. The Bertz CT molecular complexity index is 568. The Labute approximate surface area is 127 Å². The number of nitrogens with two attached hydrogens (primary N) is 1. The Morgan fingerprint density at radius 2 is 2.24 bits per heavy atom. The lowest BCUT2D eigenvalue weighted by Crippen LogP contribution is -2.29. The fraction of sp³-hybridized carbons (Fsp3) is 0.500. The van der Waals surface area contributed by atoms with Crippen molar-refractivity contribution in [2.24, 2.45) is 17.6 Å². The van der Waals surface area contributed by atoms with E-state index in [0.29, 0.717) is 18.0 Å². The summed E-state index contributed by atoms with van der Waals surface area (Å²) in [5, 5.41) is 3.06. The molecule has 0 heterocycles. The van der Waals surface area contributed by atoms with Crippen LogP contribution in [0, 0.1) is 30.6 Å². The lowest BCUT2D eigenvalue weighted by molar-refractivity contribution is 0.0947. The van der Waals surface area contributed by atoms with Crippen LogP contribution in [0.5, 0.6) is 0 Å². The van der Waals surface area contributed by atoms with Gasteiger partial charge < -0.3 is 11.1 Å². The molecule has 3 nitrogen and oxygen atoms in total. The molecule has 1 aliphatic rings. The average molecular weight is 284 g/mol. The van der Waals surface area contributed by atoms with Crippen molar-refractivity contribution < 1.29 is 4.79 Å². The van der Waals surface area contributed by atoms with Crippen LogP contribution in [0.3, 0.4) is 0 Å². The van der Waals surface area contributed by atoms with Gasteiger partial charge in [-0.3, -0.25) is 4.79 Å². The van der Waals surface area contributed by atoms with E-state index in [9.17, 15) is 4.79 Å². The molecule has 1 aromatic rings. The number of rotatable bonds is 3. The molecule has 0 spiro atoms. The summed E-state index contributed by atoms with van der Waals surface area (Å²) in [6.45, 7) is 5.34. The normalized spacial score (nSPS) is 20.7. The first kappa shape index (κ1) is 15.6. The van der Waals surface area contributed by atoms with Crippen molar-refractivity contribution >= 4 is 5.91 Å². The van der Waals surface area contributed by atoms with Gasteiger partial charge in [0, 0.05) is 12.1 Å². The molecule has 2 atom stereocenters. The first-order chi connectivity index (χ1) is 10.1. The molecule has 1 amide bonds. The third-order valence-corrected chi connectivity index (χ3v) is 4.10. The van der Waals surface area contributed by atoms with Crippen molar-refractivity contribution in [2.45, 2.75) is 33.1 Å². The van der Waals surface area contributed by atoms with Gasteiger partial charge in [-0.05, 0) is 49.3 Å². The van der Waals surface area contributed by atoms with Crippen LogP contribution < -0.4 is 11.1 Å². The van der Waals surface area contributed by atoms with E-state index >= 15 is 0 Å². The van der Waals surface area contributed by atoms with Crippen LogP contribution in [0.15, 0.2) is 18.2 Å². The molecule has 1 saturated carbocycles. The first-order valence-corrected chi connectivity index (χ1v) is 7.68. The number of hydrogen-bond donors (Lipinski definition) is 2. The lowest BCUT2D eigenvalue weighted by atomic mass is 10.0. The van der Waals surface area contributed by atoms with Crippen LogP contribution >= 0.6 is 0 Å². The molecule has 0 aliphatic heterocycles. The predicted octanol–water partition coefficient (Wildman–Crippen LogP) is 2.47. The van der Waals surface area contributed by atoms with Gasteiger partial charge in [0.05, 0.1) is 12.1 Å². The molecule has 0 radical (unpaired) electrons. The van der Waals surface area contributed by atoms with Crippen LogP contribution in [0.25, 0.3) is 0 Å². The molecule has 2 unspecified atom stereocenters. The molecule has 2 rings (SSSR count). The molecule has 0 aromatic heterocycles. The average Bonchev–Trinajstić information content (AvgIpc) is 2.88. The van der Waals surface area contributed by atoms with Crippen LogP contribution in [0.2, 0.25) is 0 Å². The molecule has 21 heavy (non-hydrogen) atoms. The highest BCUT2D eigenvalue weighted by atomic mass is 16.1. The van der Waals surface area contributed by atoms with Crippen molar-refractivity contribution in [3.05, 3.63) is 34.9 Å². The third kappa shape index (κ3) is 4.34. The summed E-state index contributed by atoms with van der Waals surface area (Å²) in [7, 11) is 0. The molecule has 1 aromatic carbocycles. The predicted molar refractivity (Wildman–Crippen MR) is 85.9 cm³/mol. The second-order valence-electron chi connectivity index (χ2n) is 6.05. The van der Waals surface area contributed by atoms with E-state index in [-0.39, 0.29) is 5.91 Å². The van der Waals surface area contributed by atoms with Crippen LogP contribution in [-0.4, -0.2) is 19.0 Å². The maximum atomic E-state index is 12.4. The van der Waals surface area contributed by atoms with Gasteiger partial charge in [-0.25, -0.2) is 0 Å². The van der Waals surface area contributed by atoms with E-state index in [0.717, 1.165) is 23.6 Å². The van der Waals surface area contributed by atoms with Gasteiger partial charge in [-0.2, -0.15) is 0 Å². The zero-order valence-corrected chi connectivity index (χ0v) is 12.9. The van der Waals surface area contributed by atoms with Crippen molar-refractivity contribution in [3.63, 3.8) is 0 Å². The first-order valence-electron chi connectivity index (χ1n) is 7.68. The molecule has 1 fully saturated rings. The van der Waals surface area contributed by atoms with Gasteiger partial charge in [-0.15, -0.1) is 0 Å². The van der Waals surface area contributed by atoms with Crippen molar-refractivity contribution in [1.29, 1.82) is 0 Å². The van der Waals surface area contributed by atoms with Crippen molar-refractivity contribution in [3.8, 4) is 11.8 Å². The van der Waals surface area contributed by atoms with E-state index in [1.165, 1.54) is 19.3 Å². The molecule has 1 aliphatic carbocycles. The highest BCUT2D eigenvalue weighted by Crippen LogP contribution is 2.29. The molecule has 0 saturated heterocycles. The number of benzene rings is 1. The largest absolute Gasteiger partial charge is 0.352 e. The van der Waals surface area contributed by atoms with Crippen LogP contribution in [0.1, 0.15) is 47.7 Å². The summed E-state index contributed by atoms with van der Waals surface area (Å²) in [5.41, 5.74) is 7.92. The molecule has 3 N–H and O–H groups in total. The summed E-state index contributed by atoms with van der Waals surface area (Å²) in [6, 6.07) is 5.73. The van der Waals surface area contributed by atoms with Crippen molar-refractivity contribution in [2.75, 3.05) is 13.1 Å². The quantitative estimate of drug-likeness (QED) is 0.838. The minimum Gasteiger partial charge on any atom is -0.352 e. The van der Waals surface area contributed by atoms with Crippen molar-refractivity contribution in [1.82, 2.24) is 5.32 Å². The Kier molecular flexibility index (Phi) is 5.41. The topological polar surface area (TPSA) is 55.1 Å². The Hall–Kier alpha value is -1.79. The summed E-state index contributed by atoms with van der Waals surface area (Å²) >= 11 is 0. The fourth-order valence-corrected chi connectivity index (χ4v) is 2.95. The smallest absolute Gasteiger partial charge is 0.252 e. The summed E-state index contributed by atoms with van der Waals surface area (Å²) in [6.07, 6.45) is 3.71. The Morgan fingerprint density at radius 3 is 2.90 bits per heavy atom. The van der Waals surface area contributed by atoms with Gasteiger partial charge in [0.2, 0.25) is 0 Å². The van der Waals surface area contributed by atoms with Crippen LogP contribution in [-0.2, 0) is 0 Å². The number of hydrogen-bond acceptors (Lipinski definition) is 2. The maximum absolute atomic E-state index is 12.4. The Balaban J connectivity index is 2.04. The van der Waals surface area contributed by atoms with Gasteiger partial charge in [0.15, 0.2) is 0 Å². The highest BCUT2D eigenvalue weighted by molar-refractivity contribution is 5.96. The second kappa shape index (κ2) is 7.28. The van der Waals surface area contributed by atoms with Gasteiger partial charge in [0.25, 0.3) is 5.91 Å². The molecule has 0 bridgehead atoms. The minimum absolute atomic E-state index is 0.0316. The molecule has 3 heteroatoms. The Morgan fingerprint density at radius 1 is 1.43 bits per heavy atom. The third-order valence-electron chi connectivity index (χ3n) is 4.10. The number of carbonyl (C=O) groups is 1. The number of amides is 1. The second-order valence-corrected chi connectivity index (χ2v) is 6.05. The standard InChI is InChI=1S/C18H24N2O/c1-13-5-7-15(10-13)12-20-18(21)17-8-6-14(2)11-16(17)4-3-9-19/h6,8,11,13,15H,5,7,9-10,12,19H2,1-2H3,(H,20,21). The minimum atomic E-state index is -0.0316. The molecular formula is C18H24N2O. The zero-order valence-electron chi connectivity index (χ0n) is 12.9. The lowest BCUT2D eigenvalue weighted by Gasteiger charge is -2.12. The van der Waals surface area contributed by atoms with Gasteiger partial charge in [0.1, 0.15) is 0 Å². The molecular weight excluding hydrogens is 260 g/mol. The van der Waals surface area contributed by atoms with Gasteiger partial charge >= 0.3 is 0 Å². The van der Waals surface area contributed by atoms with E-state index < -0.39 is 0 Å².